The van der Waals surface area contributed by atoms with E-state index in [1.807, 2.05) is 6.92 Å². The van der Waals surface area contributed by atoms with Crippen LogP contribution >= 0.6 is 0 Å². The summed E-state index contributed by atoms with van der Waals surface area (Å²) in [6.45, 7) is 5.56. The van der Waals surface area contributed by atoms with Crippen LogP contribution in [0.15, 0.2) is 0 Å². The molecule has 76 valence electrons. The van der Waals surface area contributed by atoms with Crippen LogP contribution in [0.2, 0.25) is 0 Å². The quantitative estimate of drug-likeness (QED) is 0.526. The van der Waals surface area contributed by atoms with Gasteiger partial charge in [-0.25, -0.2) is 0 Å². The smallest absolute Gasteiger partial charge is 0.242 e. The molecule has 0 aromatic rings. The van der Waals surface area contributed by atoms with Gasteiger partial charge >= 0.3 is 0 Å². The lowest BCUT2D eigenvalue weighted by Gasteiger charge is -2.14. The van der Waals surface area contributed by atoms with Gasteiger partial charge in [0.25, 0.3) is 0 Å². The van der Waals surface area contributed by atoms with Crippen LogP contribution in [0.4, 0.5) is 0 Å². The van der Waals surface area contributed by atoms with Crippen molar-refractivity contribution < 1.29 is 9.59 Å². The Kier molecular flexibility index (Phi) is 5.06. The highest BCUT2D eigenvalue weighted by molar-refractivity contribution is 5.89. The second-order valence-corrected chi connectivity index (χ2v) is 2.91. The van der Waals surface area contributed by atoms with E-state index in [-0.39, 0.29) is 11.8 Å². The van der Waals surface area contributed by atoms with E-state index in [0.717, 1.165) is 0 Å². The average molecular weight is 187 g/mol. The largest absolute Gasteiger partial charge is 0.355 e. The van der Waals surface area contributed by atoms with Gasteiger partial charge in [-0.1, -0.05) is 0 Å². The van der Waals surface area contributed by atoms with Crippen molar-refractivity contribution in [2.75, 3.05) is 6.54 Å². The lowest BCUT2D eigenvalue weighted by atomic mass is 10.2. The van der Waals surface area contributed by atoms with Gasteiger partial charge in [-0.3, -0.25) is 9.59 Å². The fraction of sp³-hybridized carbons (Fsp3) is 0.750. The number of likely N-dealkylation sites (N-methyl/N-ethyl adjacent to an activating group) is 1. The molecular weight excluding hydrogens is 170 g/mol. The molecule has 0 radical (unpaired) electrons. The van der Waals surface area contributed by atoms with E-state index in [9.17, 15) is 9.59 Å². The molecule has 0 fully saturated rings. The summed E-state index contributed by atoms with van der Waals surface area (Å²) < 4.78 is 0. The Morgan fingerprint density at radius 2 is 1.85 bits per heavy atom. The second kappa shape index (κ2) is 5.53. The van der Waals surface area contributed by atoms with Crippen molar-refractivity contribution >= 4 is 11.8 Å². The number of hydrogen-bond donors (Lipinski definition) is 3. The Hall–Kier alpha value is -1.10. The van der Waals surface area contributed by atoms with Crippen molar-refractivity contribution in [3.8, 4) is 0 Å². The highest BCUT2D eigenvalue weighted by Crippen LogP contribution is 1.84. The molecule has 1 unspecified atom stereocenters. The first-order valence-electron chi connectivity index (χ1n) is 4.32. The van der Waals surface area contributed by atoms with Crippen LogP contribution in [0.5, 0.6) is 0 Å². The Labute approximate surface area is 78.1 Å². The zero-order valence-corrected chi connectivity index (χ0v) is 8.26. The van der Waals surface area contributed by atoms with Gasteiger partial charge in [-0.05, 0) is 20.8 Å². The summed E-state index contributed by atoms with van der Waals surface area (Å²) in [7, 11) is 0. The number of nitrogens with two attached hydrogens (primary N) is 1. The molecule has 2 atom stereocenters. The summed E-state index contributed by atoms with van der Waals surface area (Å²) in [5.74, 6) is -0.518. The van der Waals surface area contributed by atoms with E-state index in [4.69, 9.17) is 5.73 Å². The fourth-order valence-corrected chi connectivity index (χ4v) is 0.738. The molecule has 0 aliphatic heterocycles. The van der Waals surface area contributed by atoms with E-state index in [2.05, 4.69) is 10.6 Å². The Morgan fingerprint density at radius 3 is 2.23 bits per heavy atom. The van der Waals surface area contributed by atoms with Gasteiger partial charge in [0.15, 0.2) is 0 Å². The number of amides is 2. The van der Waals surface area contributed by atoms with Crippen molar-refractivity contribution in [1.29, 1.82) is 0 Å². The lowest BCUT2D eigenvalue weighted by molar-refractivity contribution is -0.128. The third-order valence-corrected chi connectivity index (χ3v) is 1.52. The Balaban J connectivity index is 3.92. The first-order chi connectivity index (χ1) is 5.99. The van der Waals surface area contributed by atoms with Crippen molar-refractivity contribution in [1.82, 2.24) is 10.6 Å². The minimum atomic E-state index is -0.586. The van der Waals surface area contributed by atoms with Crippen molar-refractivity contribution in [3.63, 3.8) is 0 Å². The fourth-order valence-electron chi connectivity index (χ4n) is 0.738. The molecule has 4 N–H and O–H groups in total. The van der Waals surface area contributed by atoms with Crippen LogP contribution in [-0.2, 0) is 9.59 Å². The second-order valence-electron chi connectivity index (χ2n) is 2.91. The van der Waals surface area contributed by atoms with Crippen molar-refractivity contribution in [2.45, 2.75) is 32.9 Å². The molecule has 0 heterocycles. The topological polar surface area (TPSA) is 84.2 Å². The zero-order valence-electron chi connectivity index (χ0n) is 8.26. The predicted molar refractivity (Wildman–Crippen MR) is 49.9 cm³/mol. The minimum Gasteiger partial charge on any atom is -0.355 e. The third kappa shape index (κ3) is 4.47. The molecule has 13 heavy (non-hydrogen) atoms. The molecule has 0 saturated carbocycles. The maximum atomic E-state index is 11.1. The van der Waals surface area contributed by atoms with E-state index in [1.54, 1.807) is 13.8 Å². The maximum Gasteiger partial charge on any atom is 0.242 e. The number of carbonyl (C=O) groups is 2. The molecule has 0 aromatic heterocycles. The molecule has 0 spiro atoms. The molecule has 2 amide bonds. The van der Waals surface area contributed by atoms with Crippen LogP contribution in [0.1, 0.15) is 20.8 Å². The van der Waals surface area contributed by atoms with Gasteiger partial charge in [0.2, 0.25) is 11.8 Å². The van der Waals surface area contributed by atoms with Gasteiger partial charge < -0.3 is 16.4 Å². The highest BCUT2D eigenvalue weighted by Gasteiger charge is 2.16. The van der Waals surface area contributed by atoms with Crippen LogP contribution in [-0.4, -0.2) is 30.4 Å². The molecule has 0 aromatic carbocycles. The molecule has 5 heteroatoms. The maximum absolute atomic E-state index is 11.1. The monoisotopic (exact) mass is 187 g/mol. The van der Waals surface area contributed by atoms with Gasteiger partial charge in [0.1, 0.15) is 6.04 Å². The normalized spacial score (nSPS) is 14.5. The minimum absolute atomic E-state index is 0.198. The predicted octanol–water partition coefficient (Wildman–Crippen LogP) is -1.03. The van der Waals surface area contributed by atoms with Crippen LogP contribution in [0, 0.1) is 0 Å². The molecule has 0 saturated heterocycles. The third-order valence-electron chi connectivity index (χ3n) is 1.52. The molecule has 0 aliphatic rings. The van der Waals surface area contributed by atoms with E-state index >= 15 is 0 Å². The average Bonchev–Trinajstić information content (AvgIpc) is 2.04. The molecular formula is C8H17N3O2. The number of rotatable bonds is 4. The van der Waals surface area contributed by atoms with E-state index in [1.165, 1.54) is 0 Å². The molecule has 0 bridgehead atoms. The van der Waals surface area contributed by atoms with E-state index in [0.29, 0.717) is 6.54 Å². The Bertz CT molecular complexity index is 192. The van der Waals surface area contributed by atoms with Gasteiger partial charge in [-0.15, -0.1) is 0 Å². The zero-order chi connectivity index (χ0) is 10.4. The first-order valence-corrected chi connectivity index (χ1v) is 4.32. The van der Waals surface area contributed by atoms with E-state index < -0.39 is 12.1 Å². The van der Waals surface area contributed by atoms with Crippen molar-refractivity contribution in [2.24, 2.45) is 5.73 Å². The van der Waals surface area contributed by atoms with Crippen LogP contribution in [0.25, 0.3) is 0 Å². The summed E-state index contributed by atoms with van der Waals surface area (Å²) in [6.07, 6.45) is 0. The summed E-state index contributed by atoms with van der Waals surface area (Å²) in [5, 5.41) is 5.08. The van der Waals surface area contributed by atoms with Gasteiger partial charge in [0.05, 0.1) is 6.04 Å². The first kappa shape index (κ1) is 11.9. The molecule has 5 nitrogen and oxygen atoms in total. The molecule has 0 rings (SSSR count). The Morgan fingerprint density at radius 1 is 1.31 bits per heavy atom. The number of carbonyl (C=O) groups excluding carboxylic acids is 2. The van der Waals surface area contributed by atoms with Crippen molar-refractivity contribution in [3.05, 3.63) is 0 Å². The summed E-state index contributed by atoms with van der Waals surface area (Å²) in [5.41, 5.74) is 5.31. The van der Waals surface area contributed by atoms with Gasteiger partial charge in [-0.2, -0.15) is 0 Å². The highest BCUT2D eigenvalue weighted by atomic mass is 16.2. The number of nitrogens with one attached hydrogen (secondary N) is 2. The summed E-state index contributed by atoms with van der Waals surface area (Å²) in [6, 6.07) is -1.12. The summed E-state index contributed by atoms with van der Waals surface area (Å²) in [4.78, 5) is 22.2. The summed E-state index contributed by atoms with van der Waals surface area (Å²) >= 11 is 0. The van der Waals surface area contributed by atoms with Crippen LogP contribution < -0.4 is 16.4 Å². The SMILES string of the molecule is CCNC(=O)C(C)NC(=O)[C@H](C)N. The molecule has 0 aliphatic carbocycles. The van der Waals surface area contributed by atoms with Crippen LogP contribution in [0.3, 0.4) is 0 Å². The van der Waals surface area contributed by atoms with Gasteiger partial charge in [0, 0.05) is 6.54 Å². The lowest BCUT2D eigenvalue weighted by Crippen LogP contribution is -2.49. The number of hydrogen-bond acceptors (Lipinski definition) is 3. The standard InChI is InChI=1S/C8H17N3O2/c1-4-10-8(13)6(3)11-7(12)5(2)9/h5-6H,4,9H2,1-3H3,(H,10,13)(H,11,12)/t5-,6?/m0/s1.